The van der Waals surface area contributed by atoms with Crippen LogP contribution in [0.3, 0.4) is 0 Å². The summed E-state index contributed by atoms with van der Waals surface area (Å²) in [6, 6.07) is 5.27. The summed E-state index contributed by atoms with van der Waals surface area (Å²) in [7, 11) is 2.89. The summed E-state index contributed by atoms with van der Waals surface area (Å²) in [5, 5.41) is 17.2. The number of aromatic amines is 1. The molecule has 2 heterocycles. The molecule has 1 aliphatic carbocycles. The van der Waals surface area contributed by atoms with Gasteiger partial charge in [-0.2, -0.15) is 5.10 Å². The van der Waals surface area contributed by atoms with E-state index in [-0.39, 0.29) is 36.3 Å². The lowest BCUT2D eigenvalue weighted by Crippen LogP contribution is -2.51. The van der Waals surface area contributed by atoms with Gasteiger partial charge in [-0.25, -0.2) is 18.0 Å². The van der Waals surface area contributed by atoms with Crippen LogP contribution < -0.4 is 0 Å². The fourth-order valence-electron chi connectivity index (χ4n) is 5.58. The molecule has 1 fully saturated rings. The lowest BCUT2D eigenvalue weighted by atomic mass is 9.65. The van der Waals surface area contributed by atoms with Gasteiger partial charge in [-0.3, -0.25) is 5.10 Å². The number of carboxylic acid groups (broad SMARTS) is 1. The number of halogens is 3. The molecule has 0 radical (unpaired) electrons. The lowest BCUT2D eigenvalue weighted by Gasteiger charge is -2.44. The van der Waals surface area contributed by atoms with E-state index < -0.39 is 34.4 Å². The monoisotopic (exact) mass is 501 g/mol. The van der Waals surface area contributed by atoms with Crippen molar-refractivity contribution in [3.8, 4) is 5.69 Å². The van der Waals surface area contributed by atoms with E-state index in [1.54, 1.807) is 17.7 Å². The van der Waals surface area contributed by atoms with Crippen molar-refractivity contribution < 1.29 is 32.5 Å². The smallest absolute Gasteiger partial charge is 0.335 e. The number of aliphatic carboxylic acids is 1. The number of rotatable bonds is 7. The van der Waals surface area contributed by atoms with Gasteiger partial charge >= 0.3 is 5.97 Å². The second-order valence-electron chi connectivity index (χ2n) is 10.0. The van der Waals surface area contributed by atoms with E-state index in [1.165, 1.54) is 19.4 Å². The molecule has 4 aromatic rings. The molecule has 2 aromatic carbocycles. The van der Waals surface area contributed by atoms with Gasteiger partial charge < -0.3 is 19.1 Å². The summed E-state index contributed by atoms with van der Waals surface area (Å²) in [4.78, 5) is 11.9. The number of carboxylic acids is 1. The second kappa shape index (κ2) is 8.35. The Morgan fingerprint density at radius 3 is 2.56 bits per heavy atom. The Balaban J connectivity index is 1.90. The predicted molar refractivity (Wildman–Crippen MR) is 127 cm³/mol. The number of fused-ring (bicyclic) bond motifs is 2. The number of hydrogen-bond acceptors (Lipinski definition) is 4. The highest BCUT2D eigenvalue weighted by atomic mass is 19.2. The number of nitrogens with zero attached hydrogens (tertiary/aromatic N) is 2. The van der Waals surface area contributed by atoms with Gasteiger partial charge in [0.1, 0.15) is 5.52 Å². The molecule has 0 aliphatic heterocycles. The fraction of sp³-hybridized carbons (Fsp3) is 0.385. The van der Waals surface area contributed by atoms with Gasteiger partial charge in [-0.05, 0) is 42.5 Å². The summed E-state index contributed by atoms with van der Waals surface area (Å²) in [5.74, 6) is -4.03. The molecular formula is C26H26F3N3O4. The van der Waals surface area contributed by atoms with Gasteiger partial charge in [0.05, 0.1) is 18.3 Å². The number of benzene rings is 2. The van der Waals surface area contributed by atoms with Crippen LogP contribution in [-0.4, -0.2) is 52.3 Å². The molecule has 0 saturated heterocycles. The van der Waals surface area contributed by atoms with Crippen molar-refractivity contribution in [2.24, 2.45) is 0 Å². The van der Waals surface area contributed by atoms with Crippen molar-refractivity contribution in [1.82, 2.24) is 14.8 Å². The zero-order valence-electron chi connectivity index (χ0n) is 20.3. The van der Waals surface area contributed by atoms with Crippen LogP contribution in [0.2, 0.25) is 0 Å². The standard InChI is InChI=1S/C26H26F3N3O4/c1-25(2,12-35-3)23-19(14-9-26(10-14,36-4)24(33)34)20-18(7-13-11-30-31-22(13)21(20)29)32(23)15-5-6-16(27)17(28)8-15/h5-8,11,14H,9-10,12H2,1-4H3,(H,30,31)(H,33,34). The third kappa shape index (κ3) is 3.42. The molecule has 190 valence electrons. The molecule has 2 aromatic heterocycles. The number of H-pyrrole nitrogens is 1. The minimum absolute atomic E-state index is 0.131. The molecule has 0 spiro atoms. The number of carbonyl (C=O) groups is 1. The minimum atomic E-state index is -1.38. The third-order valence-electron chi connectivity index (χ3n) is 7.29. The van der Waals surface area contributed by atoms with Crippen LogP contribution in [0.1, 0.15) is 43.9 Å². The number of aromatic nitrogens is 3. The molecule has 7 nitrogen and oxygen atoms in total. The van der Waals surface area contributed by atoms with E-state index in [4.69, 9.17) is 9.47 Å². The summed E-state index contributed by atoms with van der Waals surface area (Å²) in [5.41, 5.74) is 0.0793. The summed E-state index contributed by atoms with van der Waals surface area (Å²) >= 11 is 0. The number of nitrogens with one attached hydrogen (secondary N) is 1. The Morgan fingerprint density at radius 1 is 1.22 bits per heavy atom. The van der Waals surface area contributed by atoms with Crippen LogP contribution >= 0.6 is 0 Å². The minimum Gasteiger partial charge on any atom is -0.479 e. The molecule has 5 rings (SSSR count). The van der Waals surface area contributed by atoms with E-state index in [2.05, 4.69) is 10.2 Å². The highest BCUT2D eigenvalue weighted by molar-refractivity contribution is 6.00. The maximum Gasteiger partial charge on any atom is 0.335 e. The van der Waals surface area contributed by atoms with Crippen LogP contribution in [0.4, 0.5) is 13.2 Å². The lowest BCUT2D eigenvalue weighted by molar-refractivity contribution is -0.175. The van der Waals surface area contributed by atoms with Crippen LogP contribution in [-0.2, 0) is 19.7 Å². The van der Waals surface area contributed by atoms with Crippen LogP contribution in [0.15, 0.2) is 30.5 Å². The van der Waals surface area contributed by atoms with Crippen molar-refractivity contribution in [3.05, 3.63) is 59.2 Å². The number of ether oxygens (including phenoxy) is 2. The molecule has 10 heteroatoms. The van der Waals surface area contributed by atoms with Crippen molar-refractivity contribution >= 4 is 27.8 Å². The van der Waals surface area contributed by atoms with Gasteiger partial charge in [-0.15, -0.1) is 0 Å². The first kappa shape index (κ1) is 24.3. The summed E-state index contributed by atoms with van der Waals surface area (Å²) < 4.78 is 57.0. The summed E-state index contributed by atoms with van der Waals surface area (Å²) in [6.45, 7) is 4.06. The van der Waals surface area contributed by atoms with Gasteiger partial charge in [-0.1, -0.05) is 13.8 Å². The van der Waals surface area contributed by atoms with Crippen molar-refractivity contribution in [3.63, 3.8) is 0 Å². The Bertz CT molecular complexity index is 1500. The quantitative estimate of drug-likeness (QED) is 0.364. The van der Waals surface area contributed by atoms with E-state index in [0.29, 0.717) is 27.8 Å². The van der Waals surface area contributed by atoms with E-state index in [9.17, 15) is 18.7 Å². The maximum absolute atomic E-state index is 16.1. The number of hydrogen-bond donors (Lipinski definition) is 2. The maximum atomic E-state index is 16.1. The Morgan fingerprint density at radius 2 is 1.94 bits per heavy atom. The molecule has 0 bridgehead atoms. The number of methoxy groups -OCH3 is 2. The zero-order valence-corrected chi connectivity index (χ0v) is 20.3. The van der Waals surface area contributed by atoms with Gasteiger partial charge in [0, 0.05) is 47.9 Å². The molecule has 36 heavy (non-hydrogen) atoms. The first-order valence-corrected chi connectivity index (χ1v) is 11.5. The molecule has 2 N–H and O–H groups in total. The topological polar surface area (TPSA) is 89.4 Å². The van der Waals surface area contributed by atoms with Crippen molar-refractivity contribution in [2.45, 2.75) is 43.6 Å². The average molecular weight is 502 g/mol. The van der Waals surface area contributed by atoms with Crippen LogP contribution in [0.5, 0.6) is 0 Å². The largest absolute Gasteiger partial charge is 0.479 e. The fourth-order valence-corrected chi connectivity index (χ4v) is 5.58. The van der Waals surface area contributed by atoms with E-state index in [0.717, 1.165) is 12.1 Å². The normalized spacial score (nSPS) is 20.2. The third-order valence-corrected chi connectivity index (χ3v) is 7.29. The Hall–Kier alpha value is -3.37. The van der Waals surface area contributed by atoms with E-state index in [1.807, 2.05) is 13.8 Å². The highest BCUT2D eigenvalue weighted by Crippen LogP contribution is 2.53. The molecule has 1 aliphatic rings. The van der Waals surface area contributed by atoms with E-state index >= 15 is 4.39 Å². The highest BCUT2D eigenvalue weighted by Gasteiger charge is 2.54. The van der Waals surface area contributed by atoms with Crippen LogP contribution in [0.25, 0.3) is 27.5 Å². The van der Waals surface area contributed by atoms with Gasteiger partial charge in [0.15, 0.2) is 23.1 Å². The summed E-state index contributed by atoms with van der Waals surface area (Å²) in [6.07, 6.45) is 1.75. The first-order valence-electron chi connectivity index (χ1n) is 11.5. The molecule has 0 atom stereocenters. The Labute approximate surface area is 204 Å². The van der Waals surface area contributed by atoms with Crippen molar-refractivity contribution in [1.29, 1.82) is 0 Å². The van der Waals surface area contributed by atoms with Gasteiger partial charge in [0.2, 0.25) is 0 Å². The van der Waals surface area contributed by atoms with Gasteiger partial charge in [0.25, 0.3) is 0 Å². The molecular weight excluding hydrogens is 475 g/mol. The molecule has 0 amide bonds. The SMILES string of the molecule is COCC(C)(C)c1c(C2CC(OC)(C(=O)O)C2)c2c(F)c3[nH]ncc3cc2n1-c1ccc(F)c(F)c1. The molecule has 1 saturated carbocycles. The van der Waals surface area contributed by atoms with Crippen molar-refractivity contribution in [2.75, 3.05) is 20.8 Å². The second-order valence-corrected chi connectivity index (χ2v) is 10.0. The predicted octanol–water partition coefficient (Wildman–Crippen LogP) is 5.20. The van der Waals surface area contributed by atoms with Crippen LogP contribution in [0, 0.1) is 17.5 Å². The average Bonchev–Trinajstić information content (AvgIpc) is 3.39. The molecule has 0 unspecified atom stereocenters. The first-order chi connectivity index (χ1) is 17.0. The zero-order chi connectivity index (χ0) is 26.0. The Kier molecular flexibility index (Phi) is 5.64.